The number of carbonyl (C=O) groups excluding carboxylic acids is 1. The van der Waals surface area contributed by atoms with Crippen molar-refractivity contribution in [1.29, 1.82) is 0 Å². The standard InChI is InChI=1S/C10H18N2O3S/c13-8(14)4-2-1-3-7-9-6(5-16-7)11-10(15)12-9/h6-9,13-14H,1-5H2,(H2,11,12,15)/t6-,7-,9-/m0/s1. The van der Waals surface area contributed by atoms with Crippen molar-refractivity contribution in [3.63, 3.8) is 0 Å². The number of carbonyl (C=O) groups is 1. The molecule has 2 aliphatic heterocycles. The van der Waals surface area contributed by atoms with Gasteiger partial charge in [0.05, 0.1) is 12.1 Å². The van der Waals surface area contributed by atoms with E-state index in [1.54, 1.807) is 0 Å². The number of fused-ring (bicyclic) bond motifs is 1. The molecule has 0 aromatic carbocycles. The van der Waals surface area contributed by atoms with Crippen LogP contribution in [0.5, 0.6) is 0 Å². The third kappa shape index (κ3) is 2.81. The van der Waals surface area contributed by atoms with Gasteiger partial charge in [0.2, 0.25) is 0 Å². The van der Waals surface area contributed by atoms with Crippen molar-refractivity contribution in [3.05, 3.63) is 0 Å². The van der Waals surface area contributed by atoms with Crippen LogP contribution in [0.1, 0.15) is 25.7 Å². The molecule has 2 amide bonds. The number of nitrogens with one attached hydrogen (secondary N) is 2. The minimum absolute atomic E-state index is 0.0499. The number of rotatable bonds is 5. The number of hydrogen-bond donors (Lipinski definition) is 4. The Hall–Kier alpha value is -0.460. The molecule has 2 fully saturated rings. The summed E-state index contributed by atoms with van der Waals surface area (Å²) in [6.45, 7) is 0. The molecule has 4 N–H and O–H groups in total. The Morgan fingerprint density at radius 1 is 1.38 bits per heavy atom. The van der Waals surface area contributed by atoms with E-state index in [2.05, 4.69) is 10.6 Å². The molecule has 5 nitrogen and oxygen atoms in total. The minimum atomic E-state index is -1.18. The Morgan fingerprint density at radius 3 is 2.94 bits per heavy atom. The Bertz CT molecular complexity index is 262. The van der Waals surface area contributed by atoms with E-state index in [0.29, 0.717) is 11.7 Å². The lowest BCUT2D eigenvalue weighted by Gasteiger charge is -2.16. The number of unbranched alkanes of at least 4 members (excludes halogenated alkanes) is 1. The maximum atomic E-state index is 11.1. The predicted molar refractivity (Wildman–Crippen MR) is 62.2 cm³/mol. The quantitative estimate of drug-likeness (QED) is 0.313. The molecule has 0 unspecified atom stereocenters. The number of amides is 2. The van der Waals surface area contributed by atoms with E-state index < -0.39 is 6.29 Å². The van der Waals surface area contributed by atoms with E-state index in [9.17, 15) is 4.79 Å². The Balaban J connectivity index is 1.68. The SMILES string of the molecule is O=C1N[C@H]2[C@H](CS[C@H]2CCCCC(O)O)N1. The molecular formula is C10H18N2O3S. The fraction of sp³-hybridized carbons (Fsp3) is 0.900. The summed E-state index contributed by atoms with van der Waals surface area (Å²) in [7, 11) is 0. The molecule has 3 atom stereocenters. The number of aliphatic hydroxyl groups excluding tert-OH is 1. The molecule has 0 aromatic rings. The highest BCUT2D eigenvalue weighted by molar-refractivity contribution is 8.00. The van der Waals surface area contributed by atoms with Gasteiger partial charge < -0.3 is 20.8 Å². The second-order valence-corrected chi connectivity index (χ2v) is 5.66. The highest BCUT2D eigenvalue weighted by Gasteiger charge is 2.42. The largest absolute Gasteiger partial charge is 0.368 e. The van der Waals surface area contributed by atoms with Gasteiger partial charge in [-0.15, -0.1) is 0 Å². The van der Waals surface area contributed by atoms with Crippen molar-refractivity contribution in [2.45, 2.75) is 49.3 Å². The molecule has 6 heteroatoms. The summed E-state index contributed by atoms with van der Waals surface area (Å²) < 4.78 is 0. The van der Waals surface area contributed by atoms with Crippen LogP contribution in [0.2, 0.25) is 0 Å². The van der Waals surface area contributed by atoms with Gasteiger partial charge in [-0.25, -0.2) is 4.79 Å². The molecule has 0 aliphatic carbocycles. The van der Waals surface area contributed by atoms with Gasteiger partial charge in [-0.3, -0.25) is 0 Å². The van der Waals surface area contributed by atoms with Crippen molar-refractivity contribution in [2.75, 3.05) is 5.75 Å². The lowest BCUT2D eigenvalue weighted by Crippen LogP contribution is -2.36. The van der Waals surface area contributed by atoms with Gasteiger partial charge in [-0.1, -0.05) is 6.42 Å². The summed E-state index contributed by atoms with van der Waals surface area (Å²) in [5.41, 5.74) is 0. The first-order valence-corrected chi connectivity index (χ1v) is 6.76. The lowest BCUT2D eigenvalue weighted by molar-refractivity contribution is -0.0465. The smallest absolute Gasteiger partial charge is 0.315 e. The Morgan fingerprint density at radius 2 is 2.19 bits per heavy atom. The average molecular weight is 246 g/mol. The van der Waals surface area contributed by atoms with Crippen LogP contribution in [0.3, 0.4) is 0 Å². The fourth-order valence-electron chi connectivity index (χ4n) is 2.32. The first kappa shape index (κ1) is 12.0. The Kier molecular flexibility index (Phi) is 3.94. The summed E-state index contributed by atoms with van der Waals surface area (Å²) in [6, 6.07) is 0.494. The molecule has 0 aromatic heterocycles. The van der Waals surface area contributed by atoms with Crippen molar-refractivity contribution >= 4 is 17.8 Å². The molecule has 2 heterocycles. The van der Waals surface area contributed by atoms with Gasteiger partial charge in [0, 0.05) is 11.0 Å². The van der Waals surface area contributed by atoms with Crippen molar-refractivity contribution in [3.8, 4) is 0 Å². The van der Waals surface area contributed by atoms with Crippen LogP contribution in [0.25, 0.3) is 0 Å². The number of hydrogen-bond acceptors (Lipinski definition) is 4. The monoisotopic (exact) mass is 246 g/mol. The zero-order chi connectivity index (χ0) is 11.5. The molecule has 0 spiro atoms. The van der Waals surface area contributed by atoms with Gasteiger partial charge in [0.25, 0.3) is 0 Å². The third-order valence-electron chi connectivity index (χ3n) is 3.14. The summed E-state index contributed by atoms with van der Waals surface area (Å²) in [5.74, 6) is 0.983. The molecule has 16 heavy (non-hydrogen) atoms. The van der Waals surface area contributed by atoms with Crippen LogP contribution in [0.4, 0.5) is 4.79 Å². The molecule has 92 valence electrons. The van der Waals surface area contributed by atoms with Gasteiger partial charge in [-0.05, 0) is 19.3 Å². The second-order valence-electron chi connectivity index (χ2n) is 4.39. The van der Waals surface area contributed by atoms with Crippen LogP contribution in [0.15, 0.2) is 0 Å². The van der Waals surface area contributed by atoms with E-state index in [1.165, 1.54) is 0 Å². The van der Waals surface area contributed by atoms with E-state index >= 15 is 0 Å². The van der Waals surface area contributed by atoms with Crippen LogP contribution in [0, 0.1) is 0 Å². The molecule has 0 saturated carbocycles. The van der Waals surface area contributed by atoms with Gasteiger partial charge >= 0.3 is 6.03 Å². The third-order valence-corrected chi connectivity index (χ3v) is 4.65. The summed E-state index contributed by atoms with van der Waals surface area (Å²) in [4.78, 5) is 11.1. The molecule has 0 bridgehead atoms. The number of aliphatic hydroxyl groups is 2. The van der Waals surface area contributed by atoms with Crippen molar-refractivity contribution < 1.29 is 15.0 Å². The van der Waals surface area contributed by atoms with E-state index in [1.807, 2.05) is 11.8 Å². The first-order valence-electron chi connectivity index (χ1n) is 5.71. The van der Waals surface area contributed by atoms with Gasteiger partial charge in [0.1, 0.15) is 0 Å². The molecular weight excluding hydrogens is 228 g/mol. The van der Waals surface area contributed by atoms with Gasteiger partial charge in [-0.2, -0.15) is 11.8 Å². The van der Waals surface area contributed by atoms with Crippen LogP contribution in [-0.4, -0.2) is 45.6 Å². The van der Waals surface area contributed by atoms with Crippen LogP contribution in [-0.2, 0) is 0 Å². The van der Waals surface area contributed by atoms with Crippen molar-refractivity contribution in [2.24, 2.45) is 0 Å². The molecule has 2 aliphatic rings. The van der Waals surface area contributed by atoms with E-state index in [4.69, 9.17) is 10.2 Å². The minimum Gasteiger partial charge on any atom is -0.368 e. The highest BCUT2D eigenvalue weighted by Crippen LogP contribution is 2.33. The maximum absolute atomic E-state index is 11.1. The molecule has 2 saturated heterocycles. The molecule has 2 rings (SSSR count). The predicted octanol–water partition coefficient (Wildman–Crippen LogP) is 0.0229. The van der Waals surface area contributed by atoms with Crippen LogP contribution >= 0.6 is 11.8 Å². The van der Waals surface area contributed by atoms with E-state index in [-0.39, 0.29) is 18.1 Å². The van der Waals surface area contributed by atoms with Crippen LogP contribution < -0.4 is 10.6 Å². The summed E-state index contributed by atoms with van der Waals surface area (Å²) >= 11 is 1.89. The molecule has 0 radical (unpaired) electrons. The van der Waals surface area contributed by atoms with Crippen molar-refractivity contribution in [1.82, 2.24) is 10.6 Å². The average Bonchev–Trinajstić information content (AvgIpc) is 2.72. The fourth-order valence-corrected chi connectivity index (χ4v) is 3.86. The summed E-state index contributed by atoms with van der Waals surface area (Å²) in [6.07, 6.45) is 2.09. The Labute approximate surface area is 99.0 Å². The number of thioether (sulfide) groups is 1. The van der Waals surface area contributed by atoms with Gasteiger partial charge in [0.15, 0.2) is 6.29 Å². The normalized spacial score (nSPS) is 32.7. The highest BCUT2D eigenvalue weighted by atomic mass is 32.2. The number of urea groups is 1. The zero-order valence-electron chi connectivity index (χ0n) is 9.06. The zero-order valence-corrected chi connectivity index (χ0v) is 9.87. The first-order chi connectivity index (χ1) is 7.66. The lowest BCUT2D eigenvalue weighted by atomic mass is 10.0. The second kappa shape index (κ2) is 5.25. The topological polar surface area (TPSA) is 81.6 Å². The van der Waals surface area contributed by atoms with E-state index in [0.717, 1.165) is 25.0 Å². The maximum Gasteiger partial charge on any atom is 0.315 e. The summed E-state index contributed by atoms with van der Waals surface area (Å²) in [5, 5.41) is 23.7.